The second-order valence-electron chi connectivity index (χ2n) is 6.14. The van der Waals surface area contributed by atoms with E-state index in [0.29, 0.717) is 5.82 Å². The van der Waals surface area contributed by atoms with Gasteiger partial charge in [0.1, 0.15) is 5.82 Å². The summed E-state index contributed by atoms with van der Waals surface area (Å²) in [6, 6.07) is 2.91. The molecule has 1 aliphatic heterocycles. The molecule has 0 bridgehead atoms. The Hall–Kier alpha value is -1.73. The smallest absolute Gasteiger partial charge is 0.399 e. The van der Waals surface area contributed by atoms with Gasteiger partial charge in [0.2, 0.25) is 0 Å². The highest BCUT2D eigenvalue weighted by atomic mass is 19.1. The summed E-state index contributed by atoms with van der Waals surface area (Å²) >= 11 is 0. The number of nitrogens with zero attached hydrogens (tertiary/aromatic N) is 3. The summed E-state index contributed by atoms with van der Waals surface area (Å²) in [5.74, 6) is 0.163. The molecule has 1 fully saturated rings. The molecular weight excluding hydrogens is 272 g/mol. The molecule has 0 N–H and O–H groups in total. The third-order valence-corrected chi connectivity index (χ3v) is 4.07. The summed E-state index contributed by atoms with van der Waals surface area (Å²) in [4.78, 5) is 3.99. The Balaban J connectivity index is 1.85. The fourth-order valence-electron chi connectivity index (χ4n) is 2.07. The van der Waals surface area contributed by atoms with E-state index in [4.69, 9.17) is 9.31 Å². The first-order chi connectivity index (χ1) is 9.78. The SMILES string of the molecule is CC1(C)OB(c2cnn(-c3ccc(F)cn3)c2)OC1(C)C. The van der Waals surface area contributed by atoms with Gasteiger partial charge in [0, 0.05) is 17.9 Å². The van der Waals surface area contributed by atoms with Crippen molar-refractivity contribution in [1.82, 2.24) is 14.8 Å². The molecular formula is C14H17BFN3O2. The normalized spacial score (nSPS) is 20.0. The minimum Gasteiger partial charge on any atom is -0.399 e. The van der Waals surface area contributed by atoms with Gasteiger partial charge < -0.3 is 9.31 Å². The number of hydrogen-bond acceptors (Lipinski definition) is 4. The molecule has 5 nitrogen and oxygen atoms in total. The van der Waals surface area contributed by atoms with E-state index in [1.165, 1.54) is 6.07 Å². The second kappa shape index (κ2) is 4.64. The Morgan fingerprint density at radius 1 is 1.10 bits per heavy atom. The maximum atomic E-state index is 12.9. The van der Waals surface area contributed by atoms with Crippen LogP contribution in [0.5, 0.6) is 0 Å². The van der Waals surface area contributed by atoms with Crippen molar-refractivity contribution in [3.8, 4) is 5.82 Å². The van der Waals surface area contributed by atoms with Crippen molar-refractivity contribution in [2.24, 2.45) is 0 Å². The second-order valence-corrected chi connectivity index (χ2v) is 6.14. The van der Waals surface area contributed by atoms with Crippen LogP contribution in [0.4, 0.5) is 4.39 Å². The minimum absolute atomic E-state index is 0.378. The molecule has 0 unspecified atom stereocenters. The molecule has 1 aliphatic rings. The molecule has 110 valence electrons. The van der Waals surface area contributed by atoms with Crippen molar-refractivity contribution in [3.63, 3.8) is 0 Å². The van der Waals surface area contributed by atoms with E-state index < -0.39 is 18.3 Å². The fourth-order valence-corrected chi connectivity index (χ4v) is 2.07. The highest BCUT2D eigenvalue weighted by Crippen LogP contribution is 2.36. The van der Waals surface area contributed by atoms with E-state index in [9.17, 15) is 4.39 Å². The van der Waals surface area contributed by atoms with Gasteiger partial charge in [-0.3, -0.25) is 0 Å². The topological polar surface area (TPSA) is 49.2 Å². The molecule has 0 saturated carbocycles. The number of pyridine rings is 1. The maximum absolute atomic E-state index is 12.9. The predicted molar refractivity (Wildman–Crippen MR) is 77.0 cm³/mol. The molecule has 7 heteroatoms. The summed E-state index contributed by atoms with van der Waals surface area (Å²) < 4.78 is 26.4. The lowest BCUT2D eigenvalue weighted by molar-refractivity contribution is 0.00578. The van der Waals surface area contributed by atoms with Crippen molar-refractivity contribution < 1.29 is 13.7 Å². The first kappa shape index (κ1) is 14.2. The third kappa shape index (κ3) is 2.47. The van der Waals surface area contributed by atoms with Gasteiger partial charge in [-0.05, 0) is 39.8 Å². The minimum atomic E-state index is -0.468. The Labute approximate surface area is 123 Å². The van der Waals surface area contributed by atoms with Crippen LogP contribution in [0.1, 0.15) is 27.7 Å². The van der Waals surface area contributed by atoms with Crippen LogP contribution < -0.4 is 5.46 Å². The van der Waals surface area contributed by atoms with Crippen molar-refractivity contribution in [2.75, 3.05) is 0 Å². The highest BCUT2D eigenvalue weighted by Gasteiger charge is 2.52. The predicted octanol–water partition coefficient (Wildman–Crippen LogP) is 1.71. The largest absolute Gasteiger partial charge is 0.498 e. The summed E-state index contributed by atoms with van der Waals surface area (Å²) in [6.07, 6.45) is 4.61. The molecule has 0 spiro atoms. The lowest BCUT2D eigenvalue weighted by Gasteiger charge is -2.32. The van der Waals surface area contributed by atoms with E-state index in [1.807, 2.05) is 27.7 Å². The van der Waals surface area contributed by atoms with Gasteiger partial charge in [0.25, 0.3) is 0 Å². The quantitative estimate of drug-likeness (QED) is 0.790. The van der Waals surface area contributed by atoms with Crippen molar-refractivity contribution in [1.29, 1.82) is 0 Å². The zero-order valence-electron chi connectivity index (χ0n) is 12.5. The van der Waals surface area contributed by atoms with Crippen LogP contribution in [0.2, 0.25) is 0 Å². The summed E-state index contributed by atoms with van der Waals surface area (Å²) in [7, 11) is -0.468. The Morgan fingerprint density at radius 3 is 2.33 bits per heavy atom. The van der Waals surface area contributed by atoms with Gasteiger partial charge in [-0.2, -0.15) is 5.10 Å². The molecule has 3 heterocycles. The molecule has 0 aromatic carbocycles. The number of hydrogen-bond donors (Lipinski definition) is 0. The van der Waals surface area contributed by atoms with Gasteiger partial charge >= 0.3 is 7.12 Å². The number of rotatable bonds is 2. The molecule has 2 aromatic rings. The van der Waals surface area contributed by atoms with Crippen molar-refractivity contribution in [3.05, 3.63) is 36.5 Å². The molecule has 0 radical (unpaired) electrons. The molecule has 21 heavy (non-hydrogen) atoms. The maximum Gasteiger partial charge on any atom is 0.498 e. The first-order valence-corrected chi connectivity index (χ1v) is 6.81. The number of halogens is 1. The molecule has 2 aromatic heterocycles. The van der Waals surface area contributed by atoms with Crippen LogP contribution in [0.3, 0.4) is 0 Å². The van der Waals surface area contributed by atoms with Gasteiger partial charge in [-0.25, -0.2) is 14.1 Å². The highest BCUT2D eigenvalue weighted by molar-refractivity contribution is 6.62. The third-order valence-electron chi connectivity index (χ3n) is 4.07. The Bertz CT molecular complexity index is 638. The summed E-state index contributed by atoms with van der Waals surface area (Å²) in [5.41, 5.74) is 0.0155. The summed E-state index contributed by atoms with van der Waals surface area (Å²) in [6.45, 7) is 8.00. The van der Waals surface area contributed by atoms with E-state index >= 15 is 0 Å². The van der Waals surface area contributed by atoms with Crippen LogP contribution in [-0.2, 0) is 9.31 Å². The molecule has 0 atom stereocenters. The molecule has 1 saturated heterocycles. The van der Waals surface area contributed by atoms with Gasteiger partial charge in [0.05, 0.1) is 17.4 Å². The Morgan fingerprint density at radius 2 is 1.76 bits per heavy atom. The van der Waals surface area contributed by atoms with Crippen LogP contribution >= 0.6 is 0 Å². The molecule has 0 amide bonds. The van der Waals surface area contributed by atoms with E-state index in [0.717, 1.165) is 11.7 Å². The fraction of sp³-hybridized carbons (Fsp3) is 0.429. The van der Waals surface area contributed by atoms with Crippen LogP contribution in [0.15, 0.2) is 30.7 Å². The lowest BCUT2D eigenvalue weighted by Crippen LogP contribution is -2.41. The lowest BCUT2D eigenvalue weighted by atomic mass is 9.82. The monoisotopic (exact) mass is 289 g/mol. The van der Waals surface area contributed by atoms with Gasteiger partial charge in [0.15, 0.2) is 5.82 Å². The Kier molecular flexibility index (Phi) is 3.14. The van der Waals surface area contributed by atoms with E-state index in [2.05, 4.69) is 10.1 Å². The van der Waals surface area contributed by atoms with E-state index in [1.54, 1.807) is 23.1 Å². The molecule has 0 aliphatic carbocycles. The molecule has 3 rings (SSSR count). The average Bonchev–Trinajstić information content (AvgIpc) is 2.94. The van der Waals surface area contributed by atoms with Crippen molar-refractivity contribution in [2.45, 2.75) is 38.9 Å². The average molecular weight is 289 g/mol. The first-order valence-electron chi connectivity index (χ1n) is 6.81. The van der Waals surface area contributed by atoms with Crippen LogP contribution in [0.25, 0.3) is 5.82 Å². The number of aromatic nitrogens is 3. The zero-order chi connectivity index (χ0) is 15.3. The summed E-state index contributed by atoms with van der Waals surface area (Å²) in [5, 5.41) is 4.23. The van der Waals surface area contributed by atoms with E-state index in [-0.39, 0.29) is 5.82 Å². The van der Waals surface area contributed by atoms with Crippen molar-refractivity contribution >= 4 is 12.6 Å². The zero-order valence-corrected chi connectivity index (χ0v) is 12.5. The van der Waals surface area contributed by atoms with Gasteiger partial charge in [-0.15, -0.1) is 0 Å². The standard InChI is InChI=1S/C14H17BFN3O2/c1-13(2)14(3,4)21-15(20-13)10-7-18-19(9-10)12-6-5-11(16)8-17-12/h5-9H,1-4H3. The van der Waals surface area contributed by atoms with Gasteiger partial charge in [-0.1, -0.05) is 0 Å². The van der Waals surface area contributed by atoms with Crippen LogP contribution in [-0.4, -0.2) is 33.1 Å². The van der Waals surface area contributed by atoms with Crippen LogP contribution in [0, 0.1) is 5.82 Å².